The van der Waals surface area contributed by atoms with E-state index in [0.717, 1.165) is 0 Å². The largest absolute Gasteiger partial charge is 0.320 e. The number of carbonyl (C=O) groups is 1. The van der Waals surface area contributed by atoms with E-state index < -0.39 is 0 Å². The Morgan fingerprint density at radius 3 is 2.83 bits per heavy atom. The standard InChI is InChI=1S/C15H12ClN5OS/c1-23-15(19-9-17)21-12-7-3-2-6-11(12)20-14(22)10-5-4-8-18-13(10)16/h2-8H,1H3,(H,19,21)(H,20,22). The van der Waals surface area contributed by atoms with Gasteiger partial charge >= 0.3 is 0 Å². The van der Waals surface area contributed by atoms with Gasteiger partial charge in [-0.3, -0.25) is 10.1 Å². The number of halogens is 1. The first-order chi connectivity index (χ1) is 11.2. The molecule has 0 atom stereocenters. The highest BCUT2D eigenvalue weighted by molar-refractivity contribution is 8.13. The molecule has 1 aromatic heterocycles. The van der Waals surface area contributed by atoms with Crippen molar-refractivity contribution in [2.24, 2.45) is 4.99 Å². The molecule has 0 aliphatic heterocycles. The van der Waals surface area contributed by atoms with Crippen molar-refractivity contribution in [2.75, 3.05) is 11.6 Å². The first-order valence-corrected chi connectivity index (χ1v) is 8.04. The van der Waals surface area contributed by atoms with Crippen molar-refractivity contribution in [1.82, 2.24) is 10.3 Å². The highest BCUT2D eigenvalue weighted by Crippen LogP contribution is 2.26. The van der Waals surface area contributed by atoms with Gasteiger partial charge in [0.15, 0.2) is 11.4 Å². The van der Waals surface area contributed by atoms with E-state index in [-0.39, 0.29) is 16.6 Å². The van der Waals surface area contributed by atoms with E-state index in [0.29, 0.717) is 16.5 Å². The van der Waals surface area contributed by atoms with Gasteiger partial charge in [-0.05, 0) is 30.5 Å². The number of pyridine rings is 1. The van der Waals surface area contributed by atoms with Crippen LogP contribution in [0, 0.1) is 11.5 Å². The minimum Gasteiger partial charge on any atom is -0.320 e. The monoisotopic (exact) mass is 345 g/mol. The quantitative estimate of drug-likeness (QED) is 0.292. The number of nitrogens with one attached hydrogen (secondary N) is 2. The van der Waals surface area contributed by atoms with E-state index in [1.807, 2.05) is 6.19 Å². The number of nitriles is 1. The van der Waals surface area contributed by atoms with Crippen LogP contribution in [0.25, 0.3) is 0 Å². The molecule has 0 unspecified atom stereocenters. The molecular weight excluding hydrogens is 334 g/mol. The molecule has 1 amide bonds. The van der Waals surface area contributed by atoms with Gasteiger partial charge in [-0.15, -0.1) is 0 Å². The summed E-state index contributed by atoms with van der Waals surface area (Å²) in [5.41, 5.74) is 1.30. The highest BCUT2D eigenvalue weighted by atomic mass is 35.5. The molecule has 0 aliphatic rings. The summed E-state index contributed by atoms with van der Waals surface area (Å²) in [7, 11) is 0. The molecule has 1 aromatic carbocycles. The fourth-order valence-corrected chi connectivity index (χ4v) is 2.25. The SMILES string of the molecule is CSC(=Nc1ccccc1NC(=O)c1cccnc1Cl)NC#N. The van der Waals surface area contributed by atoms with E-state index >= 15 is 0 Å². The van der Waals surface area contributed by atoms with Crippen LogP contribution < -0.4 is 10.6 Å². The van der Waals surface area contributed by atoms with Gasteiger partial charge in [-0.2, -0.15) is 5.26 Å². The summed E-state index contributed by atoms with van der Waals surface area (Å²) in [4.78, 5) is 20.5. The number of nitrogens with zero attached hydrogens (tertiary/aromatic N) is 3. The molecule has 0 saturated carbocycles. The first kappa shape index (κ1) is 16.8. The lowest BCUT2D eigenvalue weighted by atomic mass is 10.2. The summed E-state index contributed by atoms with van der Waals surface area (Å²) in [6.07, 6.45) is 5.12. The lowest BCUT2D eigenvalue weighted by molar-refractivity contribution is 0.102. The number of benzene rings is 1. The summed E-state index contributed by atoms with van der Waals surface area (Å²) in [5.74, 6) is -0.385. The zero-order chi connectivity index (χ0) is 16.7. The third-order valence-corrected chi connectivity index (χ3v) is 3.62. The highest BCUT2D eigenvalue weighted by Gasteiger charge is 2.12. The fraction of sp³-hybridized carbons (Fsp3) is 0.0667. The summed E-state index contributed by atoms with van der Waals surface area (Å²) in [6.45, 7) is 0. The second-order valence-electron chi connectivity index (χ2n) is 4.17. The Morgan fingerprint density at radius 1 is 1.35 bits per heavy atom. The maximum atomic E-state index is 12.3. The molecule has 0 radical (unpaired) electrons. The van der Waals surface area contributed by atoms with E-state index in [1.54, 1.807) is 42.7 Å². The predicted octanol–water partition coefficient (Wildman–Crippen LogP) is 3.41. The molecule has 6 nitrogen and oxygen atoms in total. The molecule has 2 N–H and O–H groups in total. The van der Waals surface area contributed by atoms with Gasteiger partial charge in [0.05, 0.1) is 16.9 Å². The number of hydrogen-bond donors (Lipinski definition) is 2. The number of amidine groups is 1. The second kappa shape index (κ2) is 8.17. The second-order valence-corrected chi connectivity index (χ2v) is 5.32. The lowest BCUT2D eigenvalue weighted by Crippen LogP contribution is -2.14. The maximum Gasteiger partial charge on any atom is 0.258 e. The van der Waals surface area contributed by atoms with Crippen LogP contribution in [-0.2, 0) is 0 Å². The number of para-hydroxylation sites is 2. The average Bonchev–Trinajstić information content (AvgIpc) is 2.56. The summed E-state index contributed by atoms with van der Waals surface area (Å²) in [5, 5.41) is 14.5. The molecule has 23 heavy (non-hydrogen) atoms. The Morgan fingerprint density at radius 2 is 2.13 bits per heavy atom. The average molecular weight is 346 g/mol. The summed E-state index contributed by atoms with van der Waals surface area (Å²) < 4.78 is 0. The third kappa shape index (κ3) is 4.45. The Bertz CT molecular complexity index is 787. The molecule has 0 aliphatic carbocycles. The first-order valence-electron chi connectivity index (χ1n) is 6.44. The lowest BCUT2D eigenvalue weighted by Gasteiger charge is -2.09. The van der Waals surface area contributed by atoms with Crippen molar-refractivity contribution in [3.63, 3.8) is 0 Å². The van der Waals surface area contributed by atoms with Crippen molar-refractivity contribution in [3.8, 4) is 6.19 Å². The van der Waals surface area contributed by atoms with Gasteiger partial charge in [-0.1, -0.05) is 35.5 Å². The Balaban J connectivity index is 2.30. The van der Waals surface area contributed by atoms with Crippen LogP contribution in [0.15, 0.2) is 47.6 Å². The summed E-state index contributed by atoms with van der Waals surface area (Å²) >= 11 is 7.21. The molecular formula is C15H12ClN5OS. The van der Waals surface area contributed by atoms with E-state index in [1.165, 1.54) is 18.0 Å². The number of anilines is 1. The van der Waals surface area contributed by atoms with Crippen LogP contribution in [0.3, 0.4) is 0 Å². The zero-order valence-corrected chi connectivity index (χ0v) is 13.6. The molecule has 8 heteroatoms. The van der Waals surface area contributed by atoms with E-state index in [2.05, 4.69) is 20.6 Å². The fourth-order valence-electron chi connectivity index (χ4n) is 1.70. The molecule has 2 rings (SSSR count). The molecule has 0 spiro atoms. The van der Waals surface area contributed by atoms with Crippen molar-refractivity contribution in [3.05, 3.63) is 53.3 Å². The molecule has 116 valence electrons. The van der Waals surface area contributed by atoms with E-state index in [9.17, 15) is 4.79 Å². The van der Waals surface area contributed by atoms with Crippen LogP contribution >= 0.6 is 23.4 Å². The van der Waals surface area contributed by atoms with Crippen molar-refractivity contribution in [1.29, 1.82) is 5.26 Å². The van der Waals surface area contributed by atoms with Gasteiger partial charge in [0.1, 0.15) is 5.15 Å². The van der Waals surface area contributed by atoms with Crippen molar-refractivity contribution >= 4 is 45.8 Å². The minimum atomic E-state index is -0.385. The smallest absolute Gasteiger partial charge is 0.258 e. The molecule has 0 fully saturated rings. The van der Waals surface area contributed by atoms with Crippen LogP contribution in [0.1, 0.15) is 10.4 Å². The Kier molecular flexibility index (Phi) is 5.97. The Labute approximate surface area is 142 Å². The third-order valence-electron chi connectivity index (χ3n) is 2.73. The topological polar surface area (TPSA) is 90.2 Å². The minimum absolute atomic E-state index is 0.127. The van der Waals surface area contributed by atoms with Gasteiger partial charge in [0.25, 0.3) is 5.91 Å². The van der Waals surface area contributed by atoms with Gasteiger partial charge in [-0.25, -0.2) is 9.98 Å². The Hall–Kier alpha value is -2.56. The number of hydrogen-bond acceptors (Lipinski definition) is 5. The number of thioether (sulfide) groups is 1. The normalized spacial score (nSPS) is 10.7. The van der Waals surface area contributed by atoms with E-state index in [4.69, 9.17) is 16.9 Å². The molecule has 2 aromatic rings. The van der Waals surface area contributed by atoms with Crippen molar-refractivity contribution in [2.45, 2.75) is 0 Å². The number of amides is 1. The number of aliphatic imine (C=N–C) groups is 1. The zero-order valence-electron chi connectivity index (χ0n) is 12.1. The maximum absolute atomic E-state index is 12.3. The van der Waals surface area contributed by atoms with Crippen LogP contribution in [0.2, 0.25) is 5.15 Å². The molecule has 1 heterocycles. The predicted molar refractivity (Wildman–Crippen MR) is 93.0 cm³/mol. The van der Waals surface area contributed by atoms with Gasteiger partial charge in [0, 0.05) is 6.20 Å². The van der Waals surface area contributed by atoms with Crippen LogP contribution in [0.5, 0.6) is 0 Å². The van der Waals surface area contributed by atoms with Crippen molar-refractivity contribution < 1.29 is 4.79 Å². The molecule has 0 saturated heterocycles. The number of rotatable bonds is 3. The number of carbonyl (C=O) groups excluding carboxylic acids is 1. The van der Waals surface area contributed by atoms with Crippen LogP contribution in [-0.4, -0.2) is 22.3 Å². The van der Waals surface area contributed by atoms with Gasteiger partial charge in [0.2, 0.25) is 0 Å². The number of aromatic nitrogens is 1. The van der Waals surface area contributed by atoms with Crippen LogP contribution in [0.4, 0.5) is 11.4 Å². The molecule has 0 bridgehead atoms. The van der Waals surface area contributed by atoms with Gasteiger partial charge < -0.3 is 5.32 Å². The summed E-state index contributed by atoms with van der Waals surface area (Å²) in [6, 6.07) is 10.2.